The Hall–Kier alpha value is -0.770. The highest BCUT2D eigenvalue weighted by Gasteiger charge is 2.43. The van der Waals surface area contributed by atoms with Crippen LogP contribution in [0, 0.1) is 13.8 Å². The van der Waals surface area contributed by atoms with Crippen LogP contribution in [-0.2, 0) is 4.74 Å². The topological polar surface area (TPSA) is 30.5 Å². The molecule has 1 saturated heterocycles. The molecular weight excluding hydrogens is 274 g/mol. The lowest BCUT2D eigenvalue weighted by Gasteiger charge is -2.45. The van der Waals surface area contributed by atoms with E-state index in [9.17, 15) is 0 Å². The van der Waals surface area contributed by atoms with Gasteiger partial charge in [-0.05, 0) is 57.0 Å². The fourth-order valence-corrected chi connectivity index (χ4v) is 3.68. The van der Waals surface area contributed by atoms with Gasteiger partial charge in [-0.15, -0.1) is 0 Å². The van der Waals surface area contributed by atoms with Crippen molar-refractivity contribution in [3.05, 3.63) is 27.8 Å². The van der Waals surface area contributed by atoms with Crippen LogP contribution in [0.2, 0.25) is 5.02 Å². The predicted octanol–water partition coefficient (Wildman–Crippen LogP) is 3.55. The Morgan fingerprint density at radius 1 is 1.35 bits per heavy atom. The van der Waals surface area contributed by atoms with Crippen molar-refractivity contribution >= 4 is 11.6 Å². The molecular formula is C16H22ClNO2. The first-order valence-corrected chi connectivity index (χ1v) is 7.66. The summed E-state index contributed by atoms with van der Waals surface area (Å²) in [7, 11) is 1.78. The molecule has 0 amide bonds. The Morgan fingerprint density at radius 2 is 2.05 bits per heavy atom. The van der Waals surface area contributed by atoms with Crippen LogP contribution in [0.15, 0.2) is 6.07 Å². The summed E-state index contributed by atoms with van der Waals surface area (Å²) in [4.78, 5) is 0. The van der Waals surface area contributed by atoms with Crippen LogP contribution in [-0.4, -0.2) is 25.8 Å². The van der Waals surface area contributed by atoms with Gasteiger partial charge in [0.2, 0.25) is 0 Å². The van der Waals surface area contributed by atoms with Crippen LogP contribution in [0.1, 0.15) is 42.1 Å². The molecule has 1 fully saturated rings. The molecule has 110 valence electrons. The minimum absolute atomic E-state index is 0.0777. The zero-order chi connectivity index (χ0) is 14.3. The van der Waals surface area contributed by atoms with Crippen molar-refractivity contribution in [3.8, 4) is 5.75 Å². The van der Waals surface area contributed by atoms with Crippen LogP contribution in [0.5, 0.6) is 5.75 Å². The van der Waals surface area contributed by atoms with Crippen molar-refractivity contribution in [1.82, 2.24) is 5.32 Å². The number of ether oxygens (including phenoxy) is 2. The molecule has 1 atom stereocenters. The Morgan fingerprint density at radius 3 is 2.70 bits per heavy atom. The van der Waals surface area contributed by atoms with Crippen molar-refractivity contribution in [2.45, 2.75) is 44.8 Å². The van der Waals surface area contributed by atoms with E-state index >= 15 is 0 Å². The number of nitrogens with one attached hydrogen (secondary N) is 1. The van der Waals surface area contributed by atoms with E-state index in [2.05, 4.69) is 18.3 Å². The van der Waals surface area contributed by atoms with E-state index in [-0.39, 0.29) is 11.7 Å². The largest absolute Gasteiger partial charge is 0.487 e. The molecule has 1 unspecified atom stereocenters. The highest BCUT2D eigenvalue weighted by Crippen LogP contribution is 2.48. The highest BCUT2D eigenvalue weighted by molar-refractivity contribution is 6.32. The van der Waals surface area contributed by atoms with Crippen LogP contribution in [0.3, 0.4) is 0 Å². The van der Waals surface area contributed by atoms with E-state index in [1.54, 1.807) is 7.11 Å². The van der Waals surface area contributed by atoms with E-state index in [4.69, 9.17) is 21.1 Å². The van der Waals surface area contributed by atoms with Gasteiger partial charge in [0.05, 0.1) is 6.10 Å². The Bertz CT molecular complexity index is 524. The lowest BCUT2D eigenvalue weighted by Crippen LogP contribution is -2.49. The van der Waals surface area contributed by atoms with Crippen molar-refractivity contribution in [1.29, 1.82) is 0 Å². The van der Waals surface area contributed by atoms with Gasteiger partial charge in [0.25, 0.3) is 0 Å². The molecule has 1 spiro atoms. The van der Waals surface area contributed by atoms with Gasteiger partial charge in [-0.3, -0.25) is 0 Å². The average molecular weight is 296 g/mol. The molecule has 0 aliphatic carbocycles. The highest BCUT2D eigenvalue weighted by atomic mass is 35.5. The number of piperidine rings is 1. The van der Waals surface area contributed by atoms with Crippen LogP contribution >= 0.6 is 11.6 Å². The first-order chi connectivity index (χ1) is 9.56. The molecule has 0 aromatic heterocycles. The number of hydrogen-bond donors (Lipinski definition) is 1. The van der Waals surface area contributed by atoms with Crippen molar-refractivity contribution in [2.24, 2.45) is 0 Å². The van der Waals surface area contributed by atoms with Crippen molar-refractivity contribution < 1.29 is 9.47 Å². The van der Waals surface area contributed by atoms with Gasteiger partial charge < -0.3 is 14.8 Å². The van der Waals surface area contributed by atoms with Crippen molar-refractivity contribution in [2.75, 3.05) is 20.2 Å². The third-order valence-electron chi connectivity index (χ3n) is 4.70. The van der Waals surface area contributed by atoms with E-state index in [0.717, 1.165) is 59.8 Å². The van der Waals surface area contributed by atoms with Gasteiger partial charge >= 0.3 is 0 Å². The minimum atomic E-state index is -0.0777. The predicted molar refractivity (Wildman–Crippen MR) is 80.8 cm³/mol. The third-order valence-corrected chi connectivity index (χ3v) is 5.28. The number of aryl methyl sites for hydroxylation is 1. The second kappa shape index (κ2) is 5.21. The quantitative estimate of drug-likeness (QED) is 0.859. The molecule has 2 heterocycles. The first kappa shape index (κ1) is 14.2. The van der Waals surface area contributed by atoms with E-state index in [0.29, 0.717) is 0 Å². The molecule has 2 aliphatic rings. The fourth-order valence-electron chi connectivity index (χ4n) is 3.53. The standard InChI is InChI=1S/C16H22ClNO2/c1-10-8-12-14(11(2)15(10)17)13(19-3)9-16(20-12)4-6-18-7-5-16/h8,13,18H,4-7,9H2,1-3H3. The molecule has 4 heteroatoms. The first-order valence-electron chi connectivity index (χ1n) is 7.28. The van der Waals surface area contributed by atoms with Gasteiger partial charge in [0, 0.05) is 24.1 Å². The van der Waals surface area contributed by atoms with E-state index in [1.807, 2.05) is 6.92 Å². The van der Waals surface area contributed by atoms with Gasteiger partial charge in [0.15, 0.2) is 0 Å². The third kappa shape index (κ3) is 2.22. The van der Waals surface area contributed by atoms with Gasteiger partial charge in [-0.2, -0.15) is 0 Å². The molecule has 0 radical (unpaired) electrons. The number of hydrogen-bond acceptors (Lipinski definition) is 3. The van der Waals surface area contributed by atoms with Crippen LogP contribution < -0.4 is 10.1 Å². The number of benzene rings is 1. The maximum Gasteiger partial charge on any atom is 0.126 e. The van der Waals surface area contributed by atoms with Gasteiger partial charge in [-0.1, -0.05) is 11.6 Å². The number of rotatable bonds is 1. The average Bonchev–Trinajstić information content (AvgIpc) is 2.44. The molecule has 0 saturated carbocycles. The van der Waals surface area contributed by atoms with E-state index in [1.165, 1.54) is 0 Å². The second-order valence-electron chi connectivity index (χ2n) is 6.01. The zero-order valence-corrected chi connectivity index (χ0v) is 13.1. The lowest BCUT2D eigenvalue weighted by atomic mass is 9.81. The summed E-state index contributed by atoms with van der Waals surface area (Å²) in [6.07, 6.45) is 3.06. The second-order valence-corrected chi connectivity index (χ2v) is 6.39. The van der Waals surface area contributed by atoms with Crippen molar-refractivity contribution in [3.63, 3.8) is 0 Å². The Labute approximate surface area is 125 Å². The fraction of sp³-hybridized carbons (Fsp3) is 0.625. The smallest absolute Gasteiger partial charge is 0.126 e. The molecule has 1 aromatic rings. The van der Waals surface area contributed by atoms with Gasteiger partial charge in [-0.25, -0.2) is 0 Å². The number of fused-ring (bicyclic) bond motifs is 1. The molecule has 2 aliphatic heterocycles. The molecule has 3 nitrogen and oxygen atoms in total. The molecule has 1 aromatic carbocycles. The normalized spacial score (nSPS) is 24.3. The van der Waals surface area contributed by atoms with Crippen LogP contribution in [0.4, 0.5) is 0 Å². The lowest BCUT2D eigenvalue weighted by molar-refractivity contribution is -0.0482. The summed E-state index contributed by atoms with van der Waals surface area (Å²) in [6, 6.07) is 2.07. The summed E-state index contributed by atoms with van der Waals surface area (Å²) in [5, 5.41) is 4.23. The molecule has 0 bridgehead atoms. The molecule has 1 N–H and O–H groups in total. The molecule has 20 heavy (non-hydrogen) atoms. The monoisotopic (exact) mass is 295 g/mol. The summed E-state index contributed by atoms with van der Waals surface area (Å²) < 4.78 is 12.2. The summed E-state index contributed by atoms with van der Waals surface area (Å²) >= 11 is 6.39. The summed E-state index contributed by atoms with van der Waals surface area (Å²) in [5.74, 6) is 0.962. The summed E-state index contributed by atoms with van der Waals surface area (Å²) in [6.45, 7) is 6.11. The minimum Gasteiger partial charge on any atom is -0.487 e. The summed E-state index contributed by atoms with van der Waals surface area (Å²) in [5.41, 5.74) is 3.22. The SMILES string of the molecule is COC1CC2(CCNCC2)Oc2cc(C)c(Cl)c(C)c21. The zero-order valence-electron chi connectivity index (χ0n) is 12.4. The maximum absolute atomic E-state index is 6.43. The van der Waals surface area contributed by atoms with Crippen LogP contribution in [0.25, 0.3) is 0 Å². The van der Waals surface area contributed by atoms with Gasteiger partial charge in [0.1, 0.15) is 11.4 Å². The van der Waals surface area contributed by atoms with E-state index < -0.39 is 0 Å². The Kier molecular flexibility index (Phi) is 3.69. The Balaban J connectivity index is 2.06. The maximum atomic E-state index is 6.43. The number of halogens is 1. The number of methoxy groups -OCH3 is 1. The molecule has 3 rings (SSSR count).